The number of hydrogen-bond donors (Lipinski definition) is 0. The number of rotatable bonds is 7. The number of carbonyl (C=O) groups is 1. The van der Waals surface area contributed by atoms with Gasteiger partial charge in [-0.3, -0.25) is 4.79 Å². The maximum Gasteiger partial charge on any atom is 0.163 e. The number of carbonyl (C=O) groups excluding carboxylic acids is 1. The van der Waals surface area contributed by atoms with E-state index in [-0.39, 0.29) is 5.78 Å². The highest BCUT2D eigenvalue weighted by Crippen LogP contribution is 2.27. The summed E-state index contributed by atoms with van der Waals surface area (Å²) in [5, 5.41) is 0.840. The third-order valence-electron chi connectivity index (χ3n) is 4.27. The molecule has 1 aliphatic heterocycles. The van der Waals surface area contributed by atoms with Gasteiger partial charge in [0.1, 0.15) is 5.75 Å². The minimum absolute atomic E-state index is 0.00550. The minimum Gasteiger partial charge on any atom is -0.491 e. The predicted molar refractivity (Wildman–Crippen MR) is 99.3 cm³/mol. The second-order valence-corrected chi connectivity index (χ2v) is 7.21. The molecule has 0 unspecified atom stereocenters. The molecular formula is C20H23NO3S. The maximum atomic E-state index is 12.0. The van der Waals surface area contributed by atoms with Crippen LogP contribution in [0.25, 0.3) is 0 Å². The van der Waals surface area contributed by atoms with E-state index in [4.69, 9.17) is 9.47 Å². The number of thioether (sulfide) groups is 1. The summed E-state index contributed by atoms with van der Waals surface area (Å²) >= 11 is 1.62. The van der Waals surface area contributed by atoms with E-state index in [0.717, 1.165) is 36.8 Å². The molecule has 2 aromatic rings. The molecule has 2 heterocycles. The normalized spacial score (nSPS) is 15.1. The van der Waals surface area contributed by atoms with E-state index >= 15 is 0 Å². The molecule has 0 amide bonds. The zero-order valence-electron chi connectivity index (χ0n) is 14.4. The smallest absolute Gasteiger partial charge is 0.163 e. The Bertz CT molecular complexity index is 699. The van der Waals surface area contributed by atoms with Crippen molar-refractivity contribution in [2.75, 3.05) is 19.8 Å². The van der Waals surface area contributed by atoms with Gasteiger partial charge in [-0.15, -0.1) is 11.8 Å². The van der Waals surface area contributed by atoms with Crippen LogP contribution in [0.15, 0.2) is 47.6 Å². The van der Waals surface area contributed by atoms with Gasteiger partial charge in [0.05, 0.1) is 23.4 Å². The van der Waals surface area contributed by atoms with Crippen LogP contribution in [0.1, 0.15) is 35.7 Å². The molecule has 0 aliphatic carbocycles. The maximum absolute atomic E-state index is 12.0. The topological polar surface area (TPSA) is 48.4 Å². The van der Waals surface area contributed by atoms with Crippen LogP contribution in [0.4, 0.5) is 0 Å². The molecule has 4 nitrogen and oxygen atoms in total. The first-order chi connectivity index (χ1) is 12.2. The van der Waals surface area contributed by atoms with E-state index in [1.54, 1.807) is 24.9 Å². The molecule has 0 atom stereocenters. The number of ketones is 1. The fraction of sp³-hybridized carbons (Fsp3) is 0.400. The summed E-state index contributed by atoms with van der Waals surface area (Å²) in [4.78, 5) is 16.5. The second-order valence-electron chi connectivity index (χ2n) is 6.22. The molecule has 5 heteroatoms. The van der Waals surface area contributed by atoms with Crippen molar-refractivity contribution in [2.24, 2.45) is 5.92 Å². The quantitative estimate of drug-likeness (QED) is 0.543. The van der Waals surface area contributed by atoms with Crippen LogP contribution in [0.5, 0.6) is 5.75 Å². The van der Waals surface area contributed by atoms with Crippen molar-refractivity contribution >= 4 is 17.5 Å². The van der Waals surface area contributed by atoms with Gasteiger partial charge in [0.15, 0.2) is 5.78 Å². The van der Waals surface area contributed by atoms with Crippen molar-refractivity contribution < 1.29 is 14.3 Å². The van der Waals surface area contributed by atoms with E-state index in [1.165, 1.54) is 5.56 Å². The number of aromatic nitrogens is 1. The first-order valence-electron chi connectivity index (χ1n) is 8.60. The lowest BCUT2D eigenvalue weighted by atomic mass is 10.0. The number of ether oxygens (including phenoxy) is 2. The third-order valence-corrected chi connectivity index (χ3v) is 5.26. The molecule has 1 fully saturated rings. The van der Waals surface area contributed by atoms with Gasteiger partial charge in [-0.2, -0.15) is 0 Å². The highest BCUT2D eigenvalue weighted by molar-refractivity contribution is 7.98. The van der Waals surface area contributed by atoms with Crippen LogP contribution in [-0.2, 0) is 10.5 Å². The summed E-state index contributed by atoms with van der Waals surface area (Å²) < 4.78 is 11.3. The van der Waals surface area contributed by atoms with Crippen molar-refractivity contribution in [3.8, 4) is 5.75 Å². The Hall–Kier alpha value is -1.85. The van der Waals surface area contributed by atoms with Crippen molar-refractivity contribution in [3.05, 3.63) is 53.7 Å². The van der Waals surface area contributed by atoms with E-state index in [0.29, 0.717) is 23.8 Å². The Morgan fingerprint density at radius 2 is 2.04 bits per heavy atom. The van der Waals surface area contributed by atoms with E-state index in [1.807, 2.05) is 24.3 Å². The first-order valence-corrected chi connectivity index (χ1v) is 9.59. The molecule has 3 rings (SSSR count). The van der Waals surface area contributed by atoms with Crippen LogP contribution in [-0.4, -0.2) is 30.6 Å². The van der Waals surface area contributed by atoms with Crippen LogP contribution >= 0.6 is 11.8 Å². The average molecular weight is 357 g/mol. The van der Waals surface area contributed by atoms with Crippen LogP contribution in [0.3, 0.4) is 0 Å². The second kappa shape index (κ2) is 9.02. The SMILES string of the molecule is CC(=O)c1cc(SCc2ccccc2)ncc1OCC1CCOCC1. The molecule has 1 saturated heterocycles. The van der Waals surface area contributed by atoms with E-state index in [9.17, 15) is 4.79 Å². The molecular weight excluding hydrogens is 334 g/mol. The van der Waals surface area contributed by atoms with Gasteiger partial charge in [0.2, 0.25) is 0 Å². The minimum atomic E-state index is 0.00550. The molecule has 0 N–H and O–H groups in total. The Labute approximate surface area is 152 Å². The van der Waals surface area contributed by atoms with Crippen LogP contribution in [0.2, 0.25) is 0 Å². The van der Waals surface area contributed by atoms with Crippen molar-refractivity contribution in [1.82, 2.24) is 4.98 Å². The highest BCUT2D eigenvalue weighted by atomic mass is 32.2. The highest BCUT2D eigenvalue weighted by Gasteiger charge is 2.17. The Morgan fingerprint density at radius 1 is 1.28 bits per heavy atom. The summed E-state index contributed by atoms with van der Waals surface area (Å²) in [6.45, 7) is 3.77. The number of Topliss-reactive ketones (excluding diaryl/α,β-unsaturated/α-hetero) is 1. The summed E-state index contributed by atoms with van der Waals surface area (Å²) in [6.07, 6.45) is 3.70. The summed E-state index contributed by atoms with van der Waals surface area (Å²) in [6, 6.07) is 12.1. The number of pyridine rings is 1. The average Bonchev–Trinajstić information content (AvgIpc) is 2.66. The van der Waals surface area contributed by atoms with Gasteiger partial charge < -0.3 is 9.47 Å². The lowest BCUT2D eigenvalue weighted by Crippen LogP contribution is -2.22. The molecule has 0 saturated carbocycles. The molecule has 1 aromatic heterocycles. The lowest BCUT2D eigenvalue weighted by molar-refractivity contribution is 0.0494. The molecule has 0 radical (unpaired) electrons. The van der Waals surface area contributed by atoms with Gasteiger partial charge in [-0.25, -0.2) is 4.98 Å². The van der Waals surface area contributed by atoms with Gasteiger partial charge in [-0.1, -0.05) is 30.3 Å². The Morgan fingerprint density at radius 3 is 2.76 bits per heavy atom. The Kier molecular flexibility index (Phi) is 6.48. The van der Waals surface area contributed by atoms with Gasteiger partial charge in [0.25, 0.3) is 0 Å². The monoisotopic (exact) mass is 357 g/mol. The fourth-order valence-corrected chi connectivity index (χ4v) is 3.58. The van der Waals surface area contributed by atoms with Gasteiger partial charge >= 0.3 is 0 Å². The summed E-state index contributed by atoms with van der Waals surface area (Å²) in [7, 11) is 0. The number of benzene rings is 1. The van der Waals surface area contributed by atoms with Crippen molar-refractivity contribution in [3.63, 3.8) is 0 Å². The number of nitrogens with zero attached hydrogens (tertiary/aromatic N) is 1. The summed E-state index contributed by atoms with van der Waals surface area (Å²) in [5.74, 6) is 1.91. The van der Waals surface area contributed by atoms with Crippen LogP contribution in [0, 0.1) is 5.92 Å². The first kappa shape index (κ1) is 18.0. The summed E-state index contributed by atoms with van der Waals surface area (Å²) in [5.41, 5.74) is 1.84. The fourth-order valence-electron chi connectivity index (χ4n) is 2.74. The largest absolute Gasteiger partial charge is 0.491 e. The van der Waals surface area contributed by atoms with E-state index in [2.05, 4.69) is 17.1 Å². The zero-order chi connectivity index (χ0) is 17.5. The van der Waals surface area contributed by atoms with Gasteiger partial charge in [0, 0.05) is 19.0 Å². The third kappa shape index (κ3) is 5.31. The molecule has 132 valence electrons. The van der Waals surface area contributed by atoms with Crippen molar-refractivity contribution in [2.45, 2.75) is 30.5 Å². The number of hydrogen-bond acceptors (Lipinski definition) is 5. The molecule has 0 bridgehead atoms. The van der Waals surface area contributed by atoms with E-state index < -0.39 is 0 Å². The molecule has 0 spiro atoms. The molecule has 1 aliphatic rings. The van der Waals surface area contributed by atoms with Crippen molar-refractivity contribution in [1.29, 1.82) is 0 Å². The molecule has 1 aromatic carbocycles. The Balaban J connectivity index is 1.64. The molecule has 25 heavy (non-hydrogen) atoms. The predicted octanol–water partition coefficient (Wildman–Crippen LogP) is 4.38. The zero-order valence-corrected chi connectivity index (χ0v) is 15.3. The van der Waals surface area contributed by atoms with Gasteiger partial charge in [-0.05, 0) is 37.3 Å². The lowest BCUT2D eigenvalue weighted by Gasteiger charge is -2.22. The standard InChI is InChI=1S/C20H23NO3S/c1-15(22)18-11-20(25-14-17-5-3-2-4-6-17)21-12-19(18)24-13-16-7-9-23-10-8-16/h2-6,11-12,16H,7-10,13-14H2,1H3. The van der Waals surface area contributed by atoms with Crippen LogP contribution < -0.4 is 4.74 Å².